The van der Waals surface area contributed by atoms with Crippen molar-refractivity contribution >= 4 is 16.0 Å². The van der Waals surface area contributed by atoms with Crippen LogP contribution in [0.2, 0.25) is 0 Å². The first-order chi connectivity index (χ1) is 8.36. The molecule has 0 radical (unpaired) electrons. The third kappa shape index (κ3) is 2.54. The third-order valence-corrected chi connectivity index (χ3v) is 6.20. The van der Waals surface area contributed by atoms with Crippen LogP contribution in [0.3, 0.4) is 0 Å². The van der Waals surface area contributed by atoms with Gasteiger partial charge in [-0.15, -0.1) is 0 Å². The second-order valence-corrected chi connectivity index (χ2v) is 7.84. The summed E-state index contributed by atoms with van der Waals surface area (Å²) >= 11 is 0. The predicted molar refractivity (Wildman–Crippen MR) is 67.7 cm³/mol. The highest BCUT2D eigenvalue weighted by Gasteiger charge is 2.45. The Morgan fingerprint density at radius 2 is 1.94 bits per heavy atom. The topological polar surface area (TPSA) is 74.7 Å². The van der Waals surface area contributed by atoms with Gasteiger partial charge in [-0.1, -0.05) is 26.2 Å². The lowest BCUT2D eigenvalue weighted by atomic mass is 9.74. The predicted octanol–water partition coefficient (Wildman–Crippen LogP) is 1.30. The van der Waals surface area contributed by atoms with Gasteiger partial charge in [0.2, 0.25) is 10.0 Å². The minimum atomic E-state index is -3.24. The molecule has 104 valence electrons. The van der Waals surface area contributed by atoms with Crippen molar-refractivity contribution < 1.29 is 18.3 Å². The van der Waals surface area contributed by atoms with Crippen LogP contribution < -0.4 is 0 Å². The summed E-state index contributed by atoms with van der Waals surface area (Å²) in [7, 11) is -3.24. The summed E-state index contributed by atoms with van der Waals surface area (Å²) in [6.45, 7) is 2.53. The van der Waals surface area contributed by atoms with Crippen LogP contribution in [-0.2, 0) is 14.8 Å². The number of carbonyl (C=O) groups is 1. The SMILES string of the molecule is CC1CN(CC2(C(=O)O)CCCCC2)S(=O)(=O)C1. The van der Waals surface area contributed by atoms with Gasteiger partial charge in [0.25, 0.3) is 0 Å². The van der Waals surface area contributed by atoms with Crippen LogP contribution in [0.5, 0.6) is 0 Å². The van der Waals surface area contributed by atoms with Crippen LogP contribution in [0.4, 0.5) is 0 Å². The van der Waals surface area contributed by atoms with Gasteiger partial charge in [0, 0.05) is 13.1 Å². The zero-order valence-electron chi connectivity index (χ0n) is 10.8. The molecule has 1 saturated heterocycles. The molecule has 1 heterocycles. The van der Waals surface area contributed by atoms with E-state index in [1.165, 1.54) is 4.31 Å². The van der Waals surface area contributed by atoms with Gasteiger partial charge in [0.1, 0.15) is 0 Å². The Morgan fingerprint density at radius 1 is 1.33 bits per heavy atom. The third-order valence-electron chi connectivity index (χ3n) is 4.15. The van der Waals surface area contributed by atoms with E-state index in [1.54, 1.807) is 0 Å². The molecule has 18 heavy (non-hydrogen) atoms. The first kappa shape index (κ1) is 13.8. The van der Waals surface area contributed by atoms with Gasteiger partial charge in [0.15, 0.2) is 0 Å². The molecular formula is C12H21NO4S. The van der Waals surface area contributed by atoms with Crippen molar-refractivity contribution in [2.75, 3.05) is 18.8 Å². The lowest BCUT2D eigenvalue weighted by molar-refractivity contribution is -0.151. The maximum Gasteiger partial charge on any atom is 0.310 e. The highest BCUT2D eigenvalue weighted by atomic mass is 32.2. The molecule has 0 amide bonds. The maximum absolute atomic E-state index is 11.9. The number of carboxylic acid groups (broad SMARTS) is 1. The molecule has 1 atom stereocenters. The van der Waals surface area contributed by atoms with E-state index in [-0.39, 0.29) is 18.2 Å². The summed E-state index contributed by atoms with van der Waals surface area (Å²) in [6, 6.07) is 0. The summed E-state index contributed by atoms with van der Waals surface area (Å²) in [5.74, 6) is -0.579. The average Bonchev–Trinajstić information content (AvgIpc) is 2.52. The zero-order chi connectivity index (χ0) is 13.4. The van der Waals surface area contributed by atoms with Crippen molar-refractivity contribution in [3.63, 3.8) is 0 Å². The maximum atomic E-state index is 11.9. The van der Waals surface area contributed by atoms with Gasteiger partial charge in [-0.25, -0.2) is 12.7 Å². The Morgan fingerprint density at radius 3 is 2.39 bits per heavy atom. The standard InChI is InChI=1S/C12H21NO4S/c1-10-7-13(18(16,17)8-10)9-12(11(14)15)5-3-2-4-6-12/h10H,2-9H2,1H3,(H,14,15). The van der Waals surface area contributed by atoms with E-state index in [1.807, 2.05) is 6.92 Å². The van der Waals surface area contributed by atoms with Crippen molar-refractivity contribution in [2.24, 2.45) is 11.3 Å². The Labute approximate surface area is 108 Å². The molecule has 6 heteroatoms. The molecule has 1 saturated carbocycles. The minimum absolute atomic E-state index is 0.101. The van der Waals surface area contributed by atoms with E-state index in [2.05, 4.69) is 0 Å². The monoisotopic (exact) mass is 275 g/mol. The Kier molecular flexibility index (Phi) is 3.69. The molecule has 1 N–H and O–H groups in total. The lowest BCUT2D eigenvalue weighted by Gasteiger charge is -2.35. The summed E-state index contributed by atoms with van der Waals surface area (Å²) < 4.78 is 25.3. The summed E-state index contributed by atoms with van der Waals surface area (Å²) in [4.78, 5) is 11.5. The first-order valence-electron chi connectivity index (χ1n) is 6.57. The van der Waals surface area contributed by atoms with Crippen molar-refractivity contribution in [2.45, 2.75) is 39.0 Å². The molecule has 0 aromatic heterocycles. The second-order valence-electron chi connectivity index (χ2n) is 5.82. The Balaban J connectivity index is 2.17. The highest BCUT2D eigenvalue weighted by Crippen LogP contribution is 2.39. The number of hydrogen-bond acceptors (Lipinski definition) is 3. The number of carboxylic acids is 1. The largest absolute Gasteiger partial charge is 0.481 e. The summed E-state index contributed by atoms with van der Waals surface area (Å²) in [5, 5.41) is 9.46. The highest BCUT2D eigenvalue weighted by molar-refractivity contribution is 7.89. The van der Waals surface area contributed by atoms with E-state index in [9.17, 15) is 18.3 Å². The Bertz CT molecular complexity index is 425. The fraction of sp³-hybridized carbons (Fsp3) is 0.917. The number of aliphatic carboxylic acids is 1. The lowest BCUT2D eigenvalue weighted by Crippen LogP contribution is -2.45. The van der Waals surface area contributed by atoms with Crippen LogP contribution in [0.1, 0.15) is 39.0 Å². The quantitative estimate of drug-likeness (QED) is 0.842. The minimum Gasteiger partial charge on any atom is -0.481 e. The number of sulfonamides is 1. The number of hydrogen-bond donors (Lipinski definition) is 1. The van der Waals surface area contributed by atoms with E-state index in [4.69, 9.17) is 0 Å². The molecule has 0 bridgehead atoms. The van der Waals surface area contributed by atoms with Gasteiger partial charge < -0.3 is 5.11 Å². The van der Waals surface area contributed by atoms with E-state index < -0.39 is 21.4 Å². The molecule has 0 spiro atoms. The second kappa shape index (κ2) is 4.81. The fourth-order valence-electron chi connectivity index (χ4n) is 3.15. The molecule has 2 fully saturated rings. The van der Waals surface area contributed by atoms with Crippen LogP contribution in [-0.4, -0.2) is 42.6 Å². The van der Waals surface area contributed by atoms with Gasteiger partial charge >= 0.3 is 5.97 Å². The van der Waals surface area contributed by atoms with E-state index in [0.717, 1.165) is 19.3 Å². The molecule has 1 unspecified atom stereocenters. The molecule has 0 aromatic rings. The fourth-order valence-corrected chi connectivity index (χ4v) is 5.11. The van der Waals surface area contributed by atoms with Crippen LogP contribution in [0.25, 0.3) is 0 Å². The number of rotatable bonds is 3. The molecule has 1 aliphatic heterocycles. The molecule has 2 aliphatic rings. The van der Waals surface area contributed by atoms with Crippen molar-refractivity contribution in [1.82, 2.24) is 4.31 Å². The normalized spacial score (nSPS) is 31.3. The molecular weight excluding hydrogens is 254 g/mol. The molecule has 0 aromatic carbocycles. The molecule has 2 rings (SSSR count). The first-order valence-corrected chi connectivity index (χ1v) is 8.18. The molecule has 1 aliphatic carbocycles. The van der Waals surface area contributed by atoms with Gasteiger partial charge in [-0.05, 0) is 18.8 Å². The zero-order valence-corrected chi connectivity index (χ0v) is 11.6. The smallest absolute Gasteiger partial charge is 0.310 e. The average molecular weight is 275 g/mol. The van der Waals surface area contributed by atoms with Crippen molar-refractivity contribution in [3.8, 4) is 0 Å². The van der Waals surface area contributed by atoms with Crippen molar-refractivity contribution in [3.05, 3.63) is 0 Å². The summed E-state index contributed by atoms with van der Waals surface area (Å²) in [6.07, 6.45) is 4.02. The van der Waals surface area contributed by atoms with Crippen LogP contribution in [0, 0.1) is 11.3 Å². The van der Waals surface area contributed by atoms with Crippen molar-refractivity contribution in [1.29, 1.82) is 0 Å². The van der Waals surface area contributed by atoms with E-state index in [0.29, 0.717) is 19.4 Å². The van der Waals surface area contributed by atoms with Gasteiger partial charge in [0.05, 0.1) is 11.2 Å². The van der Waals surface area contributed by atoms with E-state index >= 15 is 0 Å². The number of nitrogens with zero attached hydrogens (tertiary/aromatic N) is 1. The summed E-state index contributed by atoms with van der Waals surface area (Å²) in [5.41, 5.74) is -0.852. The van der Waals surface area contributed by atoms with Crippen LogP contribution >= 0.6 is 0 Å². The Hall–Kier alpha value is -0.620. The molecule has 5 nitrogen and oxygen atoms in total. The van der Waals surface area contributed by atoms with Gasteiger partial charge in [-0.2, -0.15) is 0 Å². The van der Waals surface area contributed by atoms with Gasteiger partial charge in [-0.3, -0.25) is 4.79 Å². The van der Waals surface area contributed by atoms with Crippen LogP contribution in [0.15, 0.2) is 0 Å².